The van der Waals surface area contributed by atoms with Crippen LogP contribution in [0.15, 0.2) is 42.7 Å². The molecule has 0 atom stereocenters. The van der Waals surface area contributed by atoms with Crippen molar-refractivity contribution in [1.82, 2.24) is 9.88 Å². The summed E-state index contributed by atoms with van der Waals surface area (Å²) in [6.07, 6.45) is 4.82. The fourth-order valence-corrected chi connectivity index (χ4v) is 3.27. The van der Waals surface area contributed by atoms with Crippen molar-refractivity contribution in [3.63, 3.8) is 0 Å². The fraction of sp³-hybridized carbons (Fsp3) is 0.400. The van der Waals surface area contributed by atoms with Crippen molar-refractivity contribution in [1.29, 1.82) is 0 Å². The van der Waals surface area contributed by atoms with E-state index >= 15 is 0 Å². The number of hydrogen-bond acceptors (Lipinski definition) is 4. The van der Waals surface area contributed by atoms with Gasteiger partial charge in [-0.3, -0.25) is 9.78 Å². The Morgan fingerprint density at radius 2 is 2.12 bits per heavy atom. The SMILES string of the molecule is COc1cccc(CCC(=O)N2CCCN(c3ccncc3F)CC2)c1. The summed E-state index contributed by atoms with van der Waals surface area (Å²) in [6.45, 7) is 2.69. The Labute approximate surface area is 153 Å². The monoisotopic (exact) mass is 357 g/mol. The van der Waals surface area contributed by atoms with E-state index in [2.05, 4.69) is 4.98 Å². The summed E-state index contributed by atoms with van der Waals surface area (Å²) in [5.74, 6) is 0.634. The number of methoxy groups -OCH3 is 1. The minimum atomic E-state index is -0.315. The molecule has 0 bridgehead atoms. The summed E-state index contributed by atoms with van der Waals surface area (Å²) in [5, 5.41) is 0. The Bertz CT molecular complexity index is 753. The number of amides is 1. The Kier molecular flexibility index (Phi) is 6.04. The number of carbonyl (C=O) groups is 1. The standard InChI is InChI=1S/C20H24FN3O2/c1-26-17-5-2-4-16(14-17)6-7-20(25)24-11-3-10-23(12-13-24)19-8-9-22-15-18(19)21/h2,4-5,8-9,14-15H,3,6-7,10-13H2,1H3. The lowest BCUT2D eigenvalue weighted by Crippen LogP contribution is -2.35. The molecule has 0 N–H and O–H groups in total. The predicted molar refractivity (Wildman–Crippen MR) is 98.9 cm³/mol. The van der Waals surface area contributed by atoms with Crippen molar-refractivity contribution < 1.29 is 13.9 Å². The number of nitrogens with zero attached hydrogens (tertiary/aromatic N) is 3. The van der Waals surface area contributed by atoms with Crippen LogP contribution in [0.25, 0.3) is 0 Å². The summed E-state index contributed by atoms with van der Waals surface area (Å²) < 4.78 is 19.2. The first-order valence-electron chi connectivity index (χ1n) is 8.92. The average molecular weight is 357 g/mol. The van der Waals surface area contributed by atoms with Crippen molar-refractivity contribution in [2.24, 2.45) is 0 Å². The molecule has 1 aromatic carbocycles. The molecular weight excluding hydrogens is 333 g/mol. The minimum Gasteiger partial charge on any atom is -0.497 e. The zero-order chi connectivity index (χ0) is 18.4. The Morgan fingerprint density at radius 1 is 1.23 bits per heavy atom. The highest BCUT2D eigenvalue weighted by Crippen LogP contribution is 2.20. The van der Waals surface area contributed by atoms with E-state index in [9.17, 15) is 9.18 Å². The summed E-state index contributed by atoms with van der Waals surface area (Å²) in [5.41, 5.74) is 1.65. The molecule has 0 spiro atoms. The summed E-state index contributed by atoms with van der Waals surface area (Å²) in [6, 6.07) is 9.49. The molecule has 0 unspecified atom stereocenters. The number of benzene rings is 1. The molecule has 3 rings (SSSR count). The number of anilines is 1. The van der Waals surface area contributed by atoms with Crippen LogP contribution in [0.1, 0.15) is 18.4 Å². The lowest BCUT2D eigenvalue weighted by Gasteiger charge is -2.24. The van der Waals surface area contributed by atoms with Crippen LogP contribution in [0.4, 0.5) is 10.1 Å². The van der Waals surface area contributed by atoms with Gasteiger partial charge in [0, 0.05) is 38.8 Å². The Morgan fingerprint density at radius 3 is 2.92 bits per heavy atom. The molecule has 1 saturated heterocycles. The number of aromatic nitrogens is 1. The van der Waals surface area contributed by atoms with Gasteiger partial charge in [-0.15, -0.1) is 0 Å². The van der Waals surface area contributed by atoms with Gasteiger partial charge in [0.05, 0.1) is 19.0 Å². The third kappa shape index (κ3) is 4.50. The number of rotatable bonds is 5. The van der Waals surface area contributed by atoms with Gasteiger partial charge in [-0.05, 0) is 36.6 Å². The normalized spacial score (nSPS) is 14.8. The van der Waals surface area contributed by atoms with Gasteiger partial charge < -0.3 is 14.5 Å². The van der Waals surface area contributed by atoms with Crippen molar-refractivity contribution in [2.75, 3.05) is 38.2 Å². The molecule has 5 nitrogen and oxygen atoms in total. The van der Waals surface area contributed by atoms with Crippen molar-refractivity contribution in [2.45, 2.75) is 19.3 Å². The number of halogens is 1. The molecule has 2 aromatic rings. The second kappa shape index (κ2) is 8.65. The van der Waals surface area contributed by atoms with Crippen molar-refractivity contribution >= 4 is 11.6 Å². The summed E-state index contributed by atoms with van der Waals surface area (Å²) in [7, 11) is 1.64. The lowest BCUT2D eigenvalue weighted by molar-refractivity contribution is -0.130. The molecular formula is C20H24FN3O2. The molecule has 1 aromatic heterocycles. The molecule has 1 fully saturated rings. The van der Waals surface area contributed by atoms with Gasteiger partial charge in [0.2, 0.25) is 5.91 Å². The highest BCUT2D eigenvalue weighted by molar-refractivity contribution is 5.76. The molecule has 1 amide bonds. The maximum absolute atomic E-state index is 13.9. The van der Waals surface area contributed by atoms with Crippen molar-refractivity contribution in [3.05, 3.63) is 54.1 Å². The van der Waals surface area contributed by atoms with Gasteiger partial charge in [-0.25, -0.2) is 4.39 Å². The van der Waals surface area contributed by atoms with E-state index in [1.807, 2.05) is 34.1 Å². The molecule has 6 heteroatoms. The lowest BCUT2D eigenvalue weighted by atomic mass is 10.1. The third-order valence-electron chi connectivity index (χ3n) is 4.70. The molecule has 1 aliphatic heterocycles. The first-order valence-corrected chi connectivity index (χ1v) is 8.92. The van der Waals surface area contributed by atoms with E-state index in [1.165, 1.54) is 6.20 Å². The van der Waals surface area contributed by atoms with Gasteiger partial charge in [-0.1, -0.05) is 12.1 Å². The number of carbonyl (C=O) groups excluding carboxylic acids is 1. The number of pyridine rings is 1. The number of hydrogen-bond donors (Lipinski definition) is 0. The number of aryl methyl sites for hydroxylation is 1. The summed E-state index contributed by atoms with van der Waals surface area (Å²) >= 11 is 0. The first kappa shape index (κ1) is 18.2. The minimum absolute atomic E-state index is 0.143. The average Bonchev–Trinajstić information content (AvgIpc) is 2.93. The van der Waals surface area contributed by atoms with E-state index in [4.69, 9.17) is 4.74 Å². The van der Waals surface area contributed by atoms with Crippen LogP contribution < -0.4 is 9.64 Å². The Hall–Kier alpha value is -2.63. The topological polar surface area (TPSA) is 45.7 Å². The highest BCUT2D eigenvalue weighted by Gasteiger charge is 2.20. The van der Waals surface area contributed by atoms with Crippen LogP contribution in [0, 0.1) is 5.82 Å². The number of ether oxygens (including phenoxy) is 1. The fourth-order valence-electron chi connectivity index (χ4n) is 3.27. The van der Waals surface area contributed by atoms with Crippen LogP contribution in [0.2, 0.25) is 0 Å². The smallest absolute Gasteiger partial charge is 0.222 e. The van der Waals surface area contributed by atoms with Gasteiger partial charge in [-0.2, -0.15) is 0 Å². The predicted octanol–water partition coefficient (Wildman–Crippen LogP) is 2.90. The molecule has 0 saturated carbocycles. The molecule has 26 heavy (non-hydrogen) atoms. The van der Waals surface area contributed by atoms with Crippen LogP contribution in [0.5, 0.6) is 5.75 Å². The van der Waals surface area contributed by atoms with E-state index in [-0.39, 0.29) is 11.7 Å². The zero-order valence-electron chi connectivity index (χ0n) is 15.0. The second-order valence-electron chi connectivity index (χ2n) is 6.40. The maximum atomic E-state index is 13.9. The van der Waals surface area contributed by atoms with Crippen LogP contribution in [-0.4, -0.2) is 49.1 Å². The molecule has 0 radical (unpaired) electrons. The Balaban J connectivity index is 1.55. The summed E-state index contributed by atoms with van der Waals surface area (Å²) in [4.78, 5) is 20.3. The van der Waals surface area contributed by atoms with Gasteiger partial charge in [0.1, 0.15) is 5.75 Å². The molecule has 138 valence electrons. The highest BCUT2D eigenvalue weighted by atomic mass is 19.1. The zero-order valence-corrected chi connectivity index (χ0v) is 15.0. The molecule has 0 aliphatic carbocycles. The largest absolute Gasteiger partial charge is 0.497 e. The van der Waals surface area contributed by atoms with Gasteiger partial charge in [0.15, 0.2) is 5.82 Å². The van der Waals surface area contributed by atoms with Crippen LogP contribution in [-0.2, 0) is 11.2 Å². The van der Waals surface area contributed by atoms with E-state index in [0.29, 0.717) is 38.2 Å². The van der Waals surface area contributed by atoms with Gasteiger partial charge >= 0.3 is 0 Å². The second-order valence-corrected chi connectivity index (χ2v) is 6.40. The third-order valence-corrected chi connectivity index (χ3v) is 4.70. The maximum Gasteiger partial charge on any atom is 0.222 e. The quantitative estimate of drug-likeness (QED) is 0.825. The molecule has 2 heterocycles. The van der Waals surface area contributed by atoms with E-state index in [1.54, 1.807) is 19.4 Å². The van der Waals surface area contributed by atoms with E-state index < -0.39 is 0 Å². The molecule has 1 aliphatic rings. The van der Waals surface area contributed by atoms with Gasteiger partial charge in [0.25, 0.3) is 0 Å². The van der Waals surface area contributed by atoms with Crippen molar-refractivity contribution in [3.8, 4) is 5.75 Å². The first-order chi connectivity index (χ1) is 12.7. The van der Waals surface area contributed by atoms with E-state index in [0.717, 1.165) is 24.3 Å². The van der Waals surface area contributed by atoms with Crippen LogP contribution in [0.3, 0.4) is 0 Å². The van der Waals surface area contributed by atoms with Crippen LogP contribution >= 0.6 is 0 Å².